The van der Waals surface area contributed by atoms with Crippen molar-refractivity contribution in [2.75, 3.05) is 0 Å². The average molecular weight is 568 g/mol. The van der Waals surface area contributed by atoms with Crippen molar-refractivity contribution in [2.45, 2.75) is 19.3 Å². The van der Waals surface area contributed by atoms with Crippen molar-refractivity contribution in [3.63, 3.8) is 0 Å². The molecule has 9 aromatic rings. The molecule has 0 aliphatic heterocycles. The highest BCUT2D eigenvalue weighted by atomic mass is 16.3. The molecule has 0 amide bonds. The Kier molecular flexibility index (Phi) is 4.38. The molecule has 4 heteroatoms. The number of benzene rings is 6. The van der Waals surface area contributed by atoms with Crippen molar-refractivity contribution in [2.24, 2.45) is 0 Å². The van der Waals surface area contributed by atoms with Gasteiger partial charge in [-0.25, -0.2) is 0 Å². The van der Waals surface area contributed by atoms with Crippen molar-refractivity contribution in [3.05, 3.63) is 137 Å². The van der Waals surface area contributed by atoms with Gasteiger partial charge in [0.1, 0.15) is 22.3 Å². The molecule has 0 fully saturated rings. The second kappa shape index (κ2) is 8.06. The lowest BCUT2D eigenvalue weighted by atomic mass is 9.82. The third kappa shape index (κ3) is 2.90. The number of para-hydroxylation sites is 2. The number of furan rings is 1. The lowest BCUT2D eigenvalue weighted by molar-refractivity contribution is 0.650. The second-order valence-electron chi connectivity index (χ2n) is 12.5. The van der Waals surface area contributed by atoms with Crippen molar-refractivity contribution in [1.29, 1.82) is 0 Å². The van der Waals surface area contributed by atoms with Crippen LogP contribution >= 0.6 is 0 Å². The fourth-order valence-electron chi connectivity index (χ4n) is 7.73. The zero-order chi connectivity index (χ0) is 29.3. The van der Waals surface area contributed by atoms with Gasteiger partial charge < -0.3 is 13.4 Å². The molecule has 208 valence electrons. The Balaban J connectivity index is 1.25. The molecule has 3 heterocycles. The summed E-state index contributed by atoms with van der Waals surface area (Å²) in [5, 5.41) is 5.53. The highest BCUT2D eigenvalue weighted by Crippen LogP contribution is 2.53. The summed E-state index contributed by atoms with van der Waals surface area (Å²) in [5.41, 5.74) is 11.2. The zero-order valence-corrected chi connectivity index (χ0v) is 24.1. The molecule has 0 saturated heterocycles. The summed E-state index contributed by atoms with van der Waals surface area (Å²) in [5.74, 6) is 0. The SMILES string of the molecule is CC1(C)c2ccccc2-c2c1ccc1c2c2ccccc2n1-c1ccc2c(c1)oc1cc3oc4ccccc4c(=O)c3cc12. The maximum absolute atomic E-state index is 13.4. The molecule has 6 aromatic carbocycles. The van der Waals surface area contributed by atoms with E-state index in [9.17, 15) is 4.79 Å². The van der Waals surface area contributed by atoms with E-state index in [1.165, 1.54) is 38.5 Å². The normalized spacial score (nSPS) is 14.0. The first-order valence-corrected chi connectivity index (χ1v) is 15.0. The fraction of sp³-hybridized carbons (Fsp3) is 0.0750. The molecular formula is C40H25NO3. The van der Waals surface area contributed by atoms with Crippen LogP contribution in [0.2, 0.25) is 0 Å². The second-order valence-corrected chi connectivity index (χ2v) is 12.5. The van der Waals surface area contributed by atoms with Crippen LogP contribution in [0.4, 0.5) is 0 Å². The summed E-state index contributed by atoms with van der Waals surface area (Å²) >= 11 is 0. The Labute approximate surface area is 251 Å². The number of hydrogen-bond acceptors (Lipinski definition) is 3. The van der Waals surface area contributed by atoms with Crippen LogP contribution in [-0.2, 0) is 5.41 Å². The molecule has 3 aromatic heterocycles. The number of aromatic nitrogens is 1. The molecule has 0 radical (unpaired) electrons. The van der Waals surface area contributed by atoms with E-state index in [2.05, 4.69) is 97.3 Å². The quantitative estimate of drug-likeness (QED) is 0.185. The van der Waals surface area contributed by atoms with Gasteiger partial charge in [0.25, 0.3) is 0 Å². The van der Waals surface area contributed by atoms with E-state index in [4.69, 9.17) is 8.83 Å². The van der Waals surface area contributed by atoms with E-state index in [0.29, 0.717) is 27.5 Å². The highest BCUT2D eigenvalue weighted by molar-refractivity contribution is 6.18. The number of rotatable bonds is 1. The average Bonchev–Trinajstić information content (AvgIpc) is 3.65. The van der Waals surface area contributed by atoms with Gasteiger partial charge in [-0.1, -0.05) is 74.5 Å². The molecule has 1 aliphatic carbocycles. The van der Waals surface area contributed by atoms with Gasteiger partial charge in [0.2, 0.25) is 5.43 Å². The van der Waals surface area contributed by atoms with Crippen LogP contribution < -0.4 is 5.43 Å². The molecule has 1 aliphatic rings. The largest absolute Gasteiger partial charge is 0.456 e. The van der Waals surface area contributed by atoms with Gasteiger partial charge in [0, 0.05) is 44.8 Å². The molecular weight excluding hydrogens is 542 g/mol. The first-order chi connectivity index (χ1) is 21.5. The monoisotopic (exact) mass is 567 g/mol. The van der Waals surface area contributed by atoms with Gasteiger partial charge in [-0.2, -0.15) is 0 Å². The summed E-state index contributed by atoms with van der Waals surface area (Å²) < 4.78 is 14.9. The molecule has 0 atom stereocenters. The predicted octanol–water partition coefficient (Wildman–Crippen LogP) is 10.2. The van der Waals surface area contributed by atoms with Crippen LogP contribution in [0.1, 0.15) is 25.0 Å². The van der Waals surface area contributed by atoms with Crippen molar-refractivity contribution in [1.82, 2.24) is 4.57 Å². The van der Waals surface area contributed by atoms with E-state index in [1.54, 1.807) is 0 Å². The maximum atomic E-state index is 13.4. The fourth-order valence-corrected chi connectivity index (χ4v) is 7.73. The molecule has 4 nitrogen and oxygen atoms in total. The van der Waals surface area contributed by atoms with Gasteiger partial charge in [-0.15, -0.1) is 0 Å². The Morgan fingerprint density at radius 2 is 1.27 bits per heavy atom. The number of hydrogen-bond donors (Lipinski definition) is 0. The van der Waals surface area contributed by atoms with E-state index >= 15 is 0 Å². The van der Waals surface area contributed by atoms with Gasteiger partial charge in [-0.05, 0) is 64.7 Å². The van der Waals surface area contributed by atoms with Gasteiger partial charge in [0.15, 0.2) is 0 Å². The van der Waals surface area contributed by atoms with Crippen LogP contribution in [0.15, 0.2) is 129 Å². The van der Waals surface area contributed by atoms with Crippen molar-refractivity contribution < 1.29 is 8.83 Å². The molecule has 0 N–H and O–H groups in total. The van der Waals surface area contributed by atoms with Gasteiger partial charge >= 0.3 is 0 Å². The first-order valence-electron chi connectivity index (χ1n) is 15.0. The van der Waals surface area contributed by atoms with E-state index in [0.717, 1.165) is 27.6 Å². The summed E-state index contributed by atoms with van der Waals surface area (Å²) in [7, 11) is 0. The topological polar surface area (TPSA) is 48.3 Å². The minimum atomic E-state index is -0.0673. The maximum Gasteiger partial charge on any atom is 0.200 e. The smallest absolute Gasteiger partial charge is 0.200 e. The van der Waals surface area contributed by atoms with Crippen molar-refractivity contribution in [3.8, 4) is 16.8 Å². The lowest BCUT2D eigenvalue weighted by Gasteiger charge is -2.21. The third-order valence-corrected chi connectivity index (χ3v) is 9.79. The zero-order valence-electron chi connectivity index (χ0n) is 24.1. The first kappa shape index (κ1) is 23.9. The summed E-state index contributed by atoms with van der Waals surface area (Å²) in [4.78, 5) is 13.4. The molecule has 10 rings (SSSR count). The Morgan fingerprint density at radius 1 is 0.545 bits per heavy atom. The minimum Gasteiger partial charge on any atom is -0.456 e. The lowest BCUT2D eigenvalue weighted by Crippen LogP contribution is -2.14. The molecule has 0 saturated carbocycles. The highest BCUT2D eigenvalue weighted by Gasteiger charge is 2.37. The van der Waals surface area contributed by atoms with Crippen LogP contribution in [0, 0.1) is 0 Å². The molecule has 44 heavy (non-hydrogen) atoms. The molecule has 0 spiro atoms. The van der Waals surface area contributed by atoms with Crippen LogP contribution in [0.5, 0.6) is 0 Å². The van der Waals surface area contributed by atoms with Crippen LogP contribution in [-0.4, -0.2) is 4.57 Å². The Morgan fingerprint density at radius 3 is 2.18 bits per heavy atom. The summed E-state index contributed by atoms with van der Waals surface area (Å²) in [6.45, 7) is 4.65. The Hall–Kier alpha value is -5.61. The summed E-state index contributed by atoms with van der Waals surface area (Å²) in [6, 6.07) is 39.6. The summed E-state index contributed by atoms with van der Waals surface area (Å²) in [6.07, 6.45) is 0. The predicted molar refractivity (Wildman–Crippen MR) is 179 cm³/mol. The van der Waals surface area contributed by atoms with E-state index in [1.807, 2.05) is 36.4 Å². The number of nitrogens with zero attached hydrogens (tertiary/aromatic N) is 1. The Bertz CT molecular complexity index is 2770. The van der Waals surface area contributed by atoms with Crippen LogP contribution in [0.25, 0.3) is 82.5 Å². The van der Waals surface area contributed by atoms with Gasteiger partial charge in [-0.3, -0.25) is 4.79 Å². The van der Waals surface area contributed by atoms with Gasteiger partial charge in [0.05, 0.1) is 21.8 Å². The van der Waals surface area contributed by atoms with Crippen molar-refractivity contribution >= 4 is 65.7 Å². The standard InChI is InChI=1S/C40H25NO3/c1-40(2)29-12-6-3-9-24(29)37-30(40)17-18-32-38(37)25-10-4-7-13-31(25)41(32)22-15-16-23-27-20-28-36(21-35(27)44-34(23)19-22)43-33-14-8-5-11-26(33)39(28)42/h3-21H,1-2H3. The minimum absolute atomic E-state index is 0.0303. The van der Waals surface area contributed by atoms with E-state index in [-0.39, 0.29) is 10.8 Å². The number of fused-ring (bicyclic) bond motifs is 12. The molecule has 0 unspecified atom stereocenters. The van der Waals surface area contributed by atoms with E-state index < -0.39 is 0 Å². The third-order valence-electron chi connectivity index (χ3n) is 9.79. The molecule has 0 bridgehead atoms. The van der Waals surface area contributed by atoms with Crippen LogP contribution in [0.3, 0.4) is 0 Å².